The van der Waals surface area contributed by atoms with Crippen molar-refractivity contribution in [3.63, 3.8) is 0 Å². The minimum atomic E-state index is 0.236. The predicted octanol–water partition coefficient (Wildman–Crippen LogP) is 5.03. The monoisotopic (exact) mass is 421 g/mol. The topological polar surface area (TPSA) is 54.5 Å². The molecule has 2 fully saturated rings. The van der Waals surface area contributed by atoms with Gasteiger partial charge in [-0.1, -0.05) is 29.5 Å². The Bertz CT molecular complexity index is 1050. The standard InChI is InChI=1S/C24H27N3O2S/c1-15-3-10-22-23(11-15)30-24(26-22)29-21-8-4-17(5-9-21)14-25-18-12-19-6-7-20(13-18)27(19)16(2)28/h3-5,8-11,18-20,25H,6-7,12-14H2,1-2H3. The summed E-state index contributed by atoms with van der Waals surface area (Å²) >= 11 is 1.57. The first-order valence-corrected chi connectivity index (χ1v) is 11.5. The molecule has 3 heterocycles. The molecule has 0 radical (unpaired) electrons. The third-order valence-electron chi connectivity index (χ3n) is 6.34. The van der Waals surface area contributed by atoms with Crippen LogP contribution in [0, 0.1) is 6.92 Å². The largest absolute Gasteiger partial charge is 0.431 e. The number of hydrogen-bond acceptors (Lipinski definition) is 5. The van der Waals surface area contributed by atoms with Crippen LogP contribution in [0.5, 0.6) is 10.9 Å². The Hall–Kier alpha value is -2.44. The third-order valence-corrected chi connectivity index (χ3v) is 7.24. The lowest BCUT2D eigenvalue weighted by Gasteiger charge is -2.38. The second kappa shape index (κ2) is 8.00. The van der Waals surface area contributed by atoms with Crippen molar-refractivity contribution in [1.29, 1.82) is 0 Å². The van der Waals surface area contributed by atoms with Crippen molar-refractivity contribution in [3.8, 4) is 10.9 Å². The van der Waals surface area contributed by atoms with Gasteiger partial charge in [-0.25, -0.2) is 4.98 Å². The van der Waals surface area contributed by atoms with Crippen LogP contribution in [0.1, 0.15) is 43.7 Å². The van der Waals surface area contributed by atoms with Gasteiger partial charge >= 0.3 is 0 Å². The molecule has 1 N–H and O–H groups in total. The van der Waals surface area contributed by atoms with Crippen molar-refractivity contribution in [2.45, 2.75) is 64.2 Å². The molecule has 30 heavy (non-hydrogen) atoms. The SMILES string of the molecule is CC(=O)N1C2CCC1CC(NCc1ccc(Oc3nc4ccc(C)cc4s3)cc1)C2. The summed E-state index contributed by atoms with van der Waals surface area (Å²) in [5.41, 5.74) is 3.45. The lowest BCUT2D eigenvalue weighted by atomic mass is 9.97. The average Bonchev–Trinajstić information content (AvgIpc) is 3.24. The predicted molar refractivity (Wildman–Crippen MR) is 120 cm³/mol. The van der Waals surface area contributed by atoms with Gasteiger partial charge in [0.05, 0.1) is 10.2 Å². The van der Waals surface area contributed by atoms with Gasteiger partial charge in [-0.15, -0.1) is 0 Å². The summed E-state index contributed by atoms with van der Waals surface area (Å²) in [6.45, 7) is 4.63. The summed E-state index contributed by atoms with van der Waals surface area (Å²) < 4.78 is 7.12. The van der Waals surface area contributed by atoms with Crippen molar-refractivity contribution >= 4 is 27.5 Å². The fraction of sp³-hybridized carbons (Fsp3) is 0.417. The van der Waals surface area contributed by atoms with Gasteiger partial charge in [0.2, 0.25) is 5.91 Å². The van der Waals surface area contributed by atoms with Crippen LogP contribution in [-0.4, -0.2) is 33.9 Å². The van der Waals surface area contributed by atoms with E-state index in [1.807, 2.05) is 18.2 Å². The van der Waals surface area contributed by atoms with Gasteiger partial charge in [-0.05, 0) is 68.0 Å². The maximum Gasteiger partial charge on any atom is 0.279 e. The number of nitrogens with zero attached hydrogens (tertiary/aromatic N) is 2. The fourth-order valence-electron chi connectivity index (χ4n) is 4.95. The van der Waals surface area contributed by atoms with E-state index >= 15 is 0 Å². The molecule has 1 amide bonds. The minimum Gasteiger partial charge on any atom is -0.431 e. The van der Waals surface area contributed by atoms with E-state index in [0.717, 1.165) is 48.2 Å². The molecule has 2 saturated heterocycles. The molecule has 156 valence electrons. The molecule has 2 unspecified atom stereocenters. The Labute approximate surface area is 181 Å². The fourth-order valence-corrected chi connectivity index (χ4v) is 5.88. The highest BCUT2D eigenvalue weighted by Crippen LogP contribution is 2.36. The van der Waals surface area contributed by atoms with Crippen LogP contribution in [0.3, 0.4) is 0 Å². The highest BCUT2D eigenvalue weighted by Gasteiger charge is 2.41. The van der Waals surface area contributed by atoms with Crippen LogP contribution in [-0.2, 0) is 11.3 Å². The Morgan fingerprint density at radius 2 is 1.90 bits per heavy atom. The smallest absolute Gasteiger partial charge is 0.279 e. The Morgan fingerprint density at radius 3 is 2.60 bits per heavy atom. The number of benzene rings is 2. The highest BCUT2D eigenvalue weighted by atomic mass is 32.1. The highest BCUT2D eigenvalue weighted by molar-refractivity contribution is 7.20. The molecule has 0 aliphatic carbocycles. The van der Waals surface area contributed by atoms with E-state index in [4.69, 9.17) is 4.74 Å². The number of aromatic nitrogens is 1. The number of rotatable bonds is 5. The van der Waals surface area contributed by atoms with Crippen LogP contribution in [0.15, 0.2) is 42.5 Å². The van der Waals surface area contributed by atoms with Crippen molar-refractivity contribution in [2.24, 2.45) is 0 Å². The van der Waals surface area contributed by atoms with Crippen LogP contribution in [0.25, 0.3) is 10.2 Å². The maximum atomic E-state index is 11.9. The number of ether oxygens (including phenoxy) is 1. The summed E-state index contributed by atoms with van der Waals surface area (Å²) in [7, 11) is 0. The third kappa shape index (κ3) is 3.94. The van der Waals surface area contributed by atoms with Crippen LogP contribution in [0.2, 0.25) is 0 Å². The second-order valence-corrected chi connectivity index (χ2v) is 9.55. The van der Waals surface area contributed by atoms with Crippen LogP contribution in [0.4, 0.5) is 0 Å². The van der Waals surface area contributed by atoms with Crippen LogP contribution < -0.4 is 10.1 Å². The van der Waals surface area contributed by atoms with E-state index in [-0.39, 0.29) is 5.91 Å². The van der Waals surface area contributed by atoms with E-state index in [1.54, 1.807) is 18.3 Å². The molecule has 2 atom stereocenters. The first-order valence-electron chi connectivity index (χ1n) is 10.7. The first kappa shape index (κ1) is 19.5. The van der Waals surface area contributed by atoms with E-state index < -0.39 is 0 Å². The summed E-state index contributed by atoms with van der Waals surface area (Å²) in [5, 5.41) is 4.38. The Morgan fingerprint density at radius 1 is 1.17 bits per heavy atom. The lowest BCUT2D eigenvalue weighted by molar-refractivity contribution is -0.133. The Balaban J connectivity index is 1.17. The molecule has 6 heteroatoms. The number of fused-ring (bicyclic) bond motifs is 3. The zero-order valence-electron chi connectivity index (χ0n) is 17.4. The van der Waals surface area contributed by atoms with E-state index in [9.17, 15) is 4.79 Å². The summed E-state index contributed by atoms with van der Waals surface area (Å²) in [4.78, 5) is 18.5. The number of hydrogen-bond donors (Lipinski definition) is 1. The Kier molecular flexibility index (Phi) is 5.21. The number of nitrogens with one attached hydrogen (secondary N) is 1. The summed E-state index contributed by atoms with van der Waals surface area (Å²) in [6, 6.07) is 15.8. The van der Waals surface area contributed by atoms with Gasteiger partial charge in [0.1, 0.15) is 5.75 Å². The maximum absolute atomic E-state index is 11.9. The number of thiazole rings is 1. The zero-order valence-corrected chi connectivity index (χ0v) is 18.2. The van der Waals surface area contributed by atoms with E-state index in [2.05, 4.69) is 46.4 Å². The van der Waals surface area contributed by atoms with Crippen LogP contribution >= 0.6 is 11.3 Å². The molecule has 5 rings (SSSR count). The normalized spacial score (nSPS) is 23.1. The zero-order chi connectivity index (χ0) is 20.7. The molecular formula is C24H27N3O2S. The molecule has 2 aliphatic rings. The lowest BCUT2D eigenvalue weighted by Crippen LogP contribution is -2.50. The molecule has 0 saturated carbocycles. The summed E-state index contributed by atoms with van der Waals surface area (Å²) in [5.74, 6) is 1.04. The average molecular weight is 422 g/mol. The van der Waals surface area contributed by atoms with Crippen molar-refractivity contribution in [3.05, 3.63) is 53.6 Å². The first-order chi connectivity index (χ1) is 14.5. The second-order valence-electron chi connectivity index (χ2n) is 8.56. The van der Waals surface area contributed by atoms with Gasteiger partial charge < -0.3 is 15.0 Å². The molecule has 1 aromatic heterocycles. The van der Waals surface area contributed by atoms with Gasteiger partial charge in [0.15, 0.2) is 0 Å². The molecule has 2 bridgehead atoms. The molecule has 5 nitrogen and oxygen atoms in total. The van der Waals surface area contributed by atoms with E-state index in [0.29, 0.717) is 23.3 Å². The van der Waals surface area contributed by atoms with Gasteiger partial charge in [-0.3, -0.25) is 4.79 Å². The molecule has 3 aromatic rings. The van der Waals surface area contributed by atoms with Crippen molar-refractivity contribution in [2.75, 3.05) is 0 Å². The molecule has 2 aromatic carbocycles. The van der Waals surface area contributed by atoms with E-state index in [1.165, 1.54) is 11.1 Å². The number of amides is 1. The van der Waals surface area contributed by atoms with Gasteiger partial charge in [0.25, 0.3) is 5.19 Å². The quantitative estimate of drug-likeness (QED) is 0.628. The molecular weight excluding hydrogens is 394 g/mol. The minimum absolute atomic E-state index is 0.236. The van der Waals surface area contributed by atoms with Crippen molar-refractivity contribution in [1.82, 2.24) is 15.2 Å². The number of carbonyl (C=O) groups excluding carboxylic acids is 1. The molecule has 2 aliphatic heterocycles. The number of piperidine rings is 1. The number of carbonyl (C=O) groups is 1. The van der Waals surface area contributed by atoms with Gasteiger partial charge in [-0.2, -0.15) is 0 Å². The number of aryl methyl sites for hydroxylation is 1. The van der Waals surface area contributed by atoms with Gasteiger partial charge in [0, 0.05) is 31.6 Å². The van der Waals surface area contributed by atoms with Crippen molar-refractivity contribution < 1.29 is 9.53 Å². The summed E-state index contributed by atoms with van der Waals surface area (Å²) in [6.07, 6.45) is 4.43. The molecule has 0 spiro atoms.